The zero-order valence-corrected chi connectivity index (χ0v) is 13.2. The number of carbonyl (C=O) groups is 2. The molecule has 0 spiro atoms. The average molecular weight is 344 g/mol. The third kappa shape index (κ3) is 5.71. The smallest absolute Gasteiger partial charge is 0.408 e. The van der Waals surface area contributed by atoms with Crippen LogP contribution >= 0.6 is 0 Å². The van der Waals surface area contributed by atoms with Crippen LogP contribution in [-0.4, -0.2) is 40.3 Å². The van der Waals surface area contributed by atoms with Gasteiger partial charge in [-0.2, -0.15) is 0 Å². The van der Waals surface area contributed by atoms with E-state index in [1.54, 1.807) is 20.8 Å². The number of carboxylic acid groups (broad SMARTS) is 1. The highest BCUT2D eigenvalue weighted by Gasteiger charge is 2.27. The third-order valence-electron chi connectivity index (χ3n) is 2.53. The van der Waals surface area contributed by atoms with E-state index in [2.05, 4.69) is 0 Å². The molecule has 0 aliphatic heterocycles. The molecule has 132 valence electrons. The molecule has 0 aliphatic carbocycles. The van der Waals surface area contributed by atoms with Crippen molar-refractivity contribution in [1.82, 2.24) is 5.32 Å². The molecule has 1 aromatic carbocycles. The summed E-state index contributed by atoms with van der Waals surface area (Å²) in [6, 6.07) is 1.47. The fraction of sp³-hybridized carbons (Fsp3) is 0.429. The van der Waals surface area contributed by atoms with Crippen molar-refractivity contribution in [3.8, 4) is 5.75 Å². The number of aliphatic carboxylic acids is 1. The number of rotatable bonds is 6. The second-order valence-electron chi connectivity index (χ2n) is 5.69. The summed E-state index contributed by atoms with van der Waals surface area (Å²) < 4.78 is 23.5. The van der Waals surface area contributed by atoms with E-state index in [0.717, 1.165) is 18.2 Å². The van der Waals surface area contributed by atoms with Gasteiger partial charge in [0.25, 0.3) is 0 Å². The number of ether oxygens (including phenoxy) is 2. The Balaban J connectivity index is 2.84. The molecule has 0 heterocycles. The van der Waals surface area contributed by atoms with Crippen molar-refractivity contribution in [1.29, 1.82) is 0 Å². The maximum absolute atomic E-state index is 13.7. The standard InChI is InChI=1S/C14H17FN2O7/c1-14(2,3)24-13(20)16-9(12(18)19)7-23-11-8(15)5-4-6-10(11)17(21)22/h4-6,9H,7H2,1-3H3,(H,16,20)(H,18,19). The lowest BCUT2D eigenvalue weighted by atomic mass is 10.2. The van der Waals surface area contributed by atoms with Crippen molar-refractivity contribution < 1.29 is 33.5 Å². The minimum absolute atomic E-state index is 0.656. The zero-order chi connectivity index (χ0) is 18.5. The summed E-state index contributed by atoms with van der Waals surface area (Å²) >= 11 is 0. The number of halogens is 1. The average Bonchev–Trinajstić information content (AvgIpc) is 2.41. The molecule has 9 nitrogen and oxygen atoms in total. The molecule has 24 heavy (non-hydrogen) atoms. The Labute approximate surface area is 136 Å². The first-order valence-electron chi connectivity index (χ1n) is 6.79. The van der Waals surface area contributed by atoms with Crippen molar-refractivity contribution >= 4 is 17.7 Å². The number of carbonyl (C=O) groups excluding carboxylic acids is 1. The van der Waals surface area contributed by atoms with Gasteiger partial charge < -0.3 is 19.9 Å². The number of nitro benzene ring substituents is 1. The number of hydrogen-bond donors (Lipinski definition) is 2. The molecule has 0 bridgehead atoms. The molecule has 0 saturated heterocycles. The summed E-state index contributed by atoms with van der Waals surface area (Å²) in [4.78, 5) is 32.7. The van der Waals surface area contributed by atoms with Gasteiger partial charge in [0.15, 0.2) is 11.9 Å². The van der Waals surface area contributed by atoms with E-state index in [4.69, 9.17) is 14.6 Å². The fourth-order valence-electron chi connectivity index (χ4n) is 1.58. The molecule has 1 amide bonds. The lowest BCUT2D eigenvalue weighted by Crippen LogP contribution is -2.46. The van der Waals surface area contributed by atoms with Crippen LogP contribution in [0.2, 0.25) is 0 Å². The van der Waals surface area contributed by atoms with Crippen LogP contribution in [0.4, 0.5) is 14.9 Å². The van der Waals surface area contributed by atoms with Crippen molar-refractivity contribution in [3.63, 3.8) is 0 Å². The van der Waals surface area contributed by atoms with Crippen LogP contribution in [0, 0.1) is 15.9 Å². The molecule has 1 rings (SSSR count). The molecular weight excluding hydrogens is 327 g/mol. The van der Waals surface area contributed by atoms with Gasteiger partial charge in [0.2, 0.25) is 5.75 Å². The van der Waals surface area contributed by atoms with E-state index in [1.165, 1.54) is 0 Å². The van der Waals surface area contributed by atoms with Crippen LogP contribution < -0.4 is 10.1 Å². The molecule has 0 radical (unpaired) electrons. The van der Waals surface area contributed by atoms with Gasteiger partial charge in [0.1, 0.15) is 12.2 Å². The Morgan fingerprint density at radius 3 is 2.54 bits per heavy atom. The predicted octanol–water partition coefficient (Wildman–Crippen LogP) is 2.09. The van der Waals surface area contributed by atoms with E-state index in [0.29, 0.717) is 0 Å². The topological polar surface area (TPSA) is 128 Å². The van der Waals surface area contributed by atoms with Gasteiger partial charge in [-0.3, -0.25) is 10.1 Å². The molecular formula is C14H17FN2O7. The molecule has 0 aliphatic rings. The summed E-state index contributed by atoms with van der Waals surface area (Å²) in [5.41, 5.74) is -1.50. The number of carboxylic acids is 1. The van der Waals surface area contributed by atoms with Gasteiger partial charge in [-0.15, -0.1) is 0 Å². The van der Waals surface area contributed by atoms with E-state index in [9.17, 15) is 24.1 Å². The summed E-state index contributed by atoms with van der Waals surface area (Å²) in [5.74, 6) is -3.20. The Morgan fingerprint density at radius 2 is 2.04 bits per heavy atom. The van der Waals surface area contributed by atoms with Crippen molar-refractivity contribution in [3.05, 3.63) is 34.1 Å². The van der Waals surface area contributed by atoms with E-state index < -0.39 is 52.5 Å². The third-order valence-corrected chi connectivity index (χ3v) is 2.53. The van der Waals surface area contributed by atoms with Gasteiger partial charge in [-0.25, -0.2) is 14.0 Å². The quantitative estimate of drug-likeness (QED) is 0.597. The SMILES string of the molecule is CC(C)(C)OC(=O)NC(COc1c(F)cccc1[N+](=O)[O-])C(=O)O. The van der Waals surface area contributed by atoms with Crippen molar-refractivity contribution in [2.45, 2.75) is 32.4 Å². The molecule has 1 atom stereocenters. The van der Waals surface area contributed by atoms with Crippen LogP contribution in [0.1, 0.15) is 20.8 Å². The molecule has 2 N–H and O–H groups in total. The highest BCUT2D eigenvalue weighted by molar-refractivity contribution is 5.80. The van der Waals surface area contributed by atoms with Gasteiger partial charge in [0.05, 0.1) is 4.92 Å². The van der Waals surface area contributed by atoms with Gasteiger partial charge in [0, 0.05) is 6.07 Å². The monoisotopic (exact) mass is 344 g/mol. The van der Waals surface area contributed by atoms with E-state index in [1.807, 2.05) is 5.32 Å². The number of benzene rings is 1. The maximum Gasteiger partial charge on any atom is 0.408 e. The van der Waals surface area contributed by atoms with E-state index in [-0.39, 0.29) is 0 Å². The first kappa shape index (κ1) is 19.1. The van der Waals surface area contributed by atoms with Crippen LogP contribution in [-0.2, 0) is 9.53 Å². The van der Waals surface area contributed by atoms with Crippen LogP contribution in [0.25, 0.3) is 0 Å². The molecule has 0 aromatic heterocycles. The normalized spacial score (nSPS) is 12.2. The number of nitro groups is 1. The van der Waals surface area contributed by atoms with Crippen molar-refractivity contribution in [2.75, 3.05) is 6.61 Å². The van der Waals surface area contributed by atoms with Crippen LogP contribution in [0.3, 0.4) is 0 Å². The lowest BCUT2D eigenvalue weighted by molar-refractivity contribution is -0.386. The Morgan fingerprint density at radius 1 is 1.42 bits per heavy atom. The Bertz CT molecular complexity index is 643. The van der Waals surface area contributed by atoms with Gasteiger partial charge >= 0.3 is 17.7 Å². The molecule has 10 heteroatoms. The lowest BCUT2D eigenvalue weighted by Gasteiger charge is -2.22. The number of para-hydroxylation sites is 1. The number of alkyl carbamates (subject to hydrolysis) is 1. The summed E-state index contributed by atoms with van der Waals surface area (Å²) in [5, 5.41) is 21.9. The van der Waals surface area contributed by atoms with Crippen LogP contribution in [0.5, 0.6) is 5.75 Å². The summed E-state index contributed by atoms with van der Waals surface area (Å²) in [7, 11) is 0. The van der Waals surface area contributed by atoms with Crippen molar-refractivity contribution in [2.24, 2.45) is 0 Å². The maximum atomic E-state index is 13.7. The molecule has 0 saturated carbocycles. The first-order chi connectivity index (χ1) is 11.0. The van der Waals surface area contributed by atoms with Gasteiger partial charge in [-0.05, 0) is 26.8 Å². The second kappa shape index (κ2) is 7.57. The zero-order valence-electron chi connectivity index (χ0n) is 13.2. The molecule has 1 unspecified atom stereocenters. The summed E-state index contributed by atoms with van der Waals surface area (Å²) in [6.45, 7) is 4.03. The van der Waals surface area contributed by atoms with Crippen LogP contribution in [0.15, 0.2) is 18.2 Å². The first-order valence-corrected chi connectivity index (χ1v) is 6.79. The fourth-order valence-corrected chi connectivity index (χ4v) is 1.58. The predicted molar refractivity (Wildman–Crippen MR) is 79.3 cm³/mol. The number of nitrogens with zero attached hydrogens (tertiary/aromatic N) is 1. The Hall–Kier alpha value is -2.91. The Kier molecular flexibility index (Phi) is 6.04. The van der Waals surface area contributed by atoms with E-state index >= 15 is 0 Å². The number of amides is 1. The minimum atomic E-state index is -1.58. The highest BCUT2D eigenvalue weighted by atomic mass is 19.1. The highest BCUT2D eigenvalue weighted by Crippen LogP contribution is 2.29. The molecule has 0 fully saturated rings. The second-order valence-corrected chi connectivity index (χ2v) is 5.69. The minimum Gasteiger partial charge on any atom is -0.482 e. The largest absolute Gasteiger partial charge is 0.482 e. The summed E-state index contributed by atoms with van der Waals surface area (Å²) in [6.07, 6.45) is -1.01. The number of nitrogens with one attached hydrogen (secondary N) is 1. The molecule has 1 aromatic rings. The van der Waals surface area contributed by atoms with Gasteiger partial charge in [-0.1, -0.05) is 6.07 Å². The number of hydrogen-bond acceptors (Lipinski definition) is 6.